The van der Waals surface area contributed by atoms with Gasteiger partial charge in [-0.15, -0.1) is 0 Å². The second kappa shape index (κ2) is 15.6. The van der Waals surface area contributed by atoms with Gasteiger partial charge in [-0.1, -0.05) is 133 Å². The summed E-state index contributed by atoms with van der Waals surface area (Å²) in [4.78, 5) is 0. The number of ether oxygens (including phenoxy) is 2. The predicted molar refractivity (Wildman–Crippen MR) is 275 cm³/mol. The van der Waals surface area contributed by atoms with Crippen LogP contribution in [-0.4, -0.2) is 24.4 Å². The molecule has 4 heteroatoms. The van der Waals surface area contributed by atoms with Gasteiger partial charge in [-0.3, -0.25) is 0 Å². The average molecular weight is 851 g/mol. The molecule has 12 aromatic rings. The van der Waals surface area contributed by atoms with Crippen molar-refractivity contribution in [3.63, 3.8) is 0 Å². The van der Waals surface area contributed by atoms with E-state index in [2.05, 4.69) is 146 Å². The van der Waals surface area contributed by atoms with E-state index < -0.39 is 0 Å². The first kappa shape index (κ1) is 39.0. The van der Waals surface area contributed by atoms with Gasteiger partial charge in [0.15, 0.2) is 0 Å². The number of methoxy groups -OCH3 is 2. The van der Waals surface area contributed by atoms with Crippen molar-refractivity contribution in [1.82, 2.24) is 0 Å². The molecular formula is C62H42O4. The number of hydrogen-bond donors (Lipinski definition) is 2. The fourth-order valence-electron chi connectivity index (χ4n) is 10.1. The highest BCUT2D eigenvalue weighted by molar-refractivity contribution is 6.28. The van der Waals surface area contributed by atoms with Crippen LogP contribution in [0.15, 0.2) is 206 Å². The van der Waals surface area contributed by atoms with Gasteiger partial charge in [-0.05, 0) is 188 Å². The molecule has 12 aromatic carbocycles. The molecule has 0 fully saturated rings. The van der Waals surface area contributed by atoms with Crippen molar-refractivity contribution in [3.8, 4) is 78.6 Å². The van der Waals surface area contributed by atoms with Gasteiger partial charge in [0.2, 0.25) is 0 Å². The van der Waals surface area contributed by atoms with Crippen molar-refractivity contribution in [3.05, 3.63) is 206 Å². The molecule has 0 heterocycles. The zero-order chi connectivity index (χ0) is 44.5. The number of benzene rings is 12. The van der Waals surface area contributed by atoms with E-state index in [1.165, 1.54) is 32.3 Å². The number of aromatic hydroxyl groups is 2. The monoisotopic (exact) mass is 850 g/mol. The van der Waals surface area contributed by atoms with E-state index >= 15 is 0 Å². The molecule has 12 rings (SSSR count). The van der Waals surface area contributed by atoms with E-state index in [1.54, 1.807) is 38.5 Å². The molecule has 0 atom stereocenters. The molecule has 0 saturated carbocycles. The first-order valence-corrected chi connectivity index (χ1v) is 22.1. The highest BCUT2D eigenvalue weighted by atomic mass is 16.5. The van der Waals surface area contributed by atoms with Gasteiger partial charge >= 0.3 is 0 Å². The first-order chi connectivity index (χ1) is 32.4. The minimum absolute atomic E-state index is 0.230. The van der Waals surface area contributed by atoms with Crippen molar-refractivity contribution in [2.75, 3.05) is 14.2 Å². The van der Waals surface area contributed by atoms with E-state index in [4.69, 9.17) is 9.47 Å². The Morgan fingerprint density at radius 2 is 0.606 bits per heavy atom. The maximum absolute atomic E-state index is 10.4. The van der Waals surface area contributed by atoms with Crippen LogP contribution in [0.25, 0.3) is 120 Å². The lowest BCUT2D eigenvalue weighted by molar-refractivity contribution is 0.415. The average Bonchev–Trinajstić information content (AvgIpc) is 3.37. The third-order valence-electron chi connectivity index (χ3n) is 13.4. The molecule has 314 valence electrons. The Kier molecular flexibility index (Phi) is 9.21. The van der Waals surface area contributed by atoms with E-state index in [0.29, 0.717) is 0 Å². The molecule has 4 nitrogen and oxygen atoms in total. The quantitative estimate of drug-likeness (QED) is 0.157. The van der Waals surface area contributed by atoms with Crippen LogP contribution in [-0.2, 0) is 0 Å². The van der Waals surface area contributed by atoms with Crippen LogP contribution in [0.1, 0.15) is 0 Å². The Bertz CT molecular complexity index is 3940. The molecule has 0 saturated heterocycles. The standard InChI is InChI=1S/C62H42O4/c1-65-48-13-7-10-39(30-48)42-18-23-52-50-14-3-4-15-51(50)53-24-19-43(34-59(53)58(52)33-42)44-16-22-49(62(36-44)66-2)45-21-27-54-55-25-17-40(37-8-5-11-46(63)28-37)31-60(55)61-32-41(20-26-56(61)57(54)35-45)38-9-6-12-47(64)29-38/h3-36,63-64H,1-2H3. The summed E-state index contributed by atoms with van der Waals surface area (Å²) in [5.74, 6) is 2.09. The Morgan fingerprint density at radius 3 is 1.06 bits per heavy atom. The van der Waals surface area contributed by atoms with Crippen molar-refractivity contribution in [2.45, 2.75) is 0 Å². The fraction of sp³-hybridized carbons (Fsp3) is 0.0323. The molecule has 0 spiro atoms. The molecule has 0 amide bonds. The van der Waals surface area contributed by atoms with E-state index in [0.717, 1.165) is 99.5 Å². The van der Waals surface area contributed by atoms with Crippen molar-refractivity contribution >= 4 is 64.6 Å². The van der Waals surface area contributed by atoms with E-state index in [1.807, 2.05) is 36.4 Å². The SMILES string of the molecule is COc1cccc(-c2ccc3c4ccccc4c4ccc(-c5ccc(-c6ccc7c8ccc(-c9cccc(O)c9)cc8c8cc(-c9cccc(O)c9)ccc8c7c6)c(OC)c5)cc4c3c2)c1. The smallest absolute Gasteiger partial charge is 0.127 e. The molecule has 2 N–H and O–H groups in total. The summed E-state index contributed by atoms with van der Waals surface area (Å²) in [5.41, 5.74) is 10.4. The molecule has 0 aliphatic rings. The van der Waals surface area contributed by atoms with Crippen LogP contribution in [0.3, 0.4) is 0 Å². The Hall–Kier alpha value is -8.60. The van der Waals surface area contributed by atoms with Gasteiger partial charge in [-0.25, -0.2) is 0 Å². The molecule has 0 aromatic heterocycles. The summed E-state index contributed by atoms with van der Waals surface area (Å²) in [7, 11) is 3.46. The third-order valence-corrected chi connectivity index (χ3v) is 13.4. The second-order valence-corrected chi connectivity index (χ2v) is 17.1. The molecular weight excluding hydrogens is 809 g/mol. The van der Waals surface area contributed by atoms with Crippen molar-refractivity contribution < 1.29 is 19.7 Å². The summed E-state index contributed by atoms with van der Waals surface area (Å²) in [5, 5.41) is 34.8. The number of hydrogen-bond acceptors (Lipinski definition) is 4. The van der Waals surface area contributed by atoms with Crippen LogP contribution in [0.5, 0.6) is 23.0 Å². The molecule has 66 heavy (non-hydrogen) atoms. The number of fused-ring (bicyclic) bond motifs is 12. The van der Waals surface area contributed by atoms with Gasteiger partial charge in [0.05, 0.1) is 14.2 Å². The first-order valence-electron chi connectivity index (χ1n) is 22.1. The Morgan fingerprint density at radius 1 is 0.258 bits per heavy atom. The van der Waals surface area contributed by atoms with Crippen LogP contribution in [0.2, 0.25) is 0 Å². The maximum atomic E-state index is 10.4. The summed E-state index contributed by atoms with van der Waals surface area (Å²) < 4.78 is 11.8. The van der Waals surface area contributed by atoms with E-state index in [9.17, 15) is 10.2 Å². The minimum Gasteiger partial charge on any atom is -0.508 e. The summed E-state index contributed by atoms with van der Waals surface area (Å²) >= 11 is 0. The molecule has 0 unspecified atom stereocenters. The zero-order valence-corrected chi connectivity index (χ0v) is 36.3. The zero-order valence-electron chi connectivity index (χ0n) is 36.3. The number of phenols is 2. The topological polar surface area (TPSA) is 58.9 Å². The molecule has 0 bridgehead atoms. The van der Waals surface area contributed by atoms with Gasteiger partial charge in [0.1, 0.15) is 23.0 Å². The predicted octanol–water partition coefficient (Wildman–Crippen LogP) is 16.4. The Labute approximate surface area is 381 Å². The van der Waals surface area contributed by atoms with Crippen LogP contribution < -0.4 is 9.47 Å². The molecule has 0 radical (unpaired) electrons. The Balaban J connectivity index is 1.00. The normalized spacial score (nSPS) is 11.6. The largest absolute Gasteiger partial charge is 0.508 e. The van der Waals surface area contributed by atoms with E-state index in [-0.39, 0.29) is 11.5 Å². The van der Waals surface area contributed by atoms with Gasteiger partial charge < -0.3 is 19.7 Å². The minimum atomic E-state index is 0.230. The van der Waals surface area contributed by atoms with Gasteiger partial charge in [-0.2, -0.15) is 0 Å². The lowest BCUT2D eigenvalue weighted by Gasteiger charge is -2.16. The van der Waals surface area contributed by atoms with Crippen LogP contribution >= 0.6 is 0 Å². The number of rotatable bonds is 7. The van der Waals surface area contributed by atoms with Crippen LogP contribution in [0.4, 0.5) is 0 Å². The third kappa shape index (κ3) is 6.53. The molecule has 0 aliphatic carbocycles. The number of phenolic OH excluding ortho intramolecular Hbond substituents is 2. The van der Waals surface area contributed by atoms with Crippen molar-refractivity contribution in [2.24, 2.45) is 0 Å². The lowest BCUT2D eigenvalue weighted by atomic mass is 9.88. The summed E-state index contributed by atoms with van der Waals surface area (Å²) in [6.07, 6.45) is 0. The summed E-state index contributed by atoms with van der Waals surface area (Å²) in [6, 6.07) is 71.8. The van der Waals surface area contributed by atoms with Gasteiger partial charge in [0, 0.05) is 5.56 Å². The lowest BCUT2D eigenvalue weighted by Crippen LogP contribution is -1.91. The maximum Gasteiger partial charge on any atom is 0.127 e. The highest BCUT2D eigenvalue weighted by Crippen LogP contribution is 2.44. The summed E-state index contributed by atoms with van der Waals surface area (Å²) in [6.45, 7) is 0. The fourth-order valence-corrected chi connectivity index (χ4v) is 10.1. The highest BCUT2D eigenvalue weighted by Gasteiger charge is 2.17. The van der Waals surface area contributed by atoms with Gasteiger partial charge in [0.25, 0.3) is 0 Å². The second-order valence-electron chi connectivity index (χ2n) is 17.1. The molecule has 0 aliphatic heterocycles. The van der Waals surface area contributed by atoms with Crippen molar-refractivity contribution in [1.29, 1.82) is 0 Å². The van der Waals surface area contributed by atoms with Crippen LogP contribution in [0, 0.1) is 0 Å².